The largest absolute Gasteiger partial charge is 0.396 e. The van der Waals surface area contributed by atoms with Crippen LogP contribution in [-0.4, -0.2) is 24.2 Å². The van der Waals surface area contributed by atoms with Crippen molar-refractivity contribution in [2.45, 2.75) is 19.8 Å². The predicted molar refractivity (Wildman–Crippen MR) is 57.7 cm³/mol. The first kappa shape index (κ1) is 11.2. The monoisotopic (exact) mass is 213 g/mol. The number of aryl methyl sites for hydroxylation is 1. The van der Waals surface area contributed by atoms with Crippen LogP contribution < -0.4 is 5.32 Å². The Hall–Kier alpha value is -0.870. The van der Waals surface area contributed by atoms with Gasteiger partial charge in [0.05, 0.1) is 4.88 Å². The Bertz CT molecular complexity index is 296. The topological polar surface area (TPSA) is 49.3 Å². The third kappa shape index (κ3) is 3.12. The Balaban J connectivity index is 2.44. The minimum atomic E-state index is -0.0387. The van der Waals surface area contributed by atoms with Gasteiger partial charge in [0.25, 0.3) is 5.91 Å². The summed E-state index contributed by atoms with van der Waals surface area (Å²) in [5.74, 6) is -0.0387. The number of hydrogen-bond donors (Lipinski definition) is 2. The number of thiophene rings is 1. The fourth-order valence-corrected chi connectivity index (χ4v) is 1.92. The fourth-order valence-electron chi connectivity index (χ4n) is 1.06. The minimum absolute atomic E-state index is 0.0387. The van der Waals surface area contributed by atoms with Crippen LogP contribution in [0, 0.1) is 0 Å². The van der Waals surface area contributed by atoms with Crippen molar-refractivity contribution in [2.75, 3.05) is 13.2 Å². The van der Waals surface area contributed by atoms with Gasteiger partial charge < -0.3 is 10.4 Å². The standard InChI is InChI=1S/C10H15NO2S/c1-2-8-4-5-9(14-8)10(13)11-6-3-7-12/h4-5,12H,2-3,6-7H2,1H3,(H,11,13). The van der Waals surface area contributed by atoms with Crippen molar-refractivity contribution < 1.29 is 9.90 Å². The van der Waals surface area contributed by atoms with Crippen LogP contribution in [0.4, 0.5) is 0 Å². The van der Waals surface area contributed by atoms with E-state index < -0.39 is 0 Å². The summed E-state index contributed by atoms with van der Waals surface area (Å²) in [7, 11) is 0. The smallest absolute Gasteiger partial charge is 0.261 e. The maximum atomic E-state index is 11.5. The highest BCUT2D eigenvalue weighted by molar-refractivity contribution is 7.14. The molecule has 0 bridgehead atoms. The highest BCUT2D eigenvalue weighted by atomic mass is 32.1. The van der Waals surface area contributed by atoms with E-state index in [4.69, 9.17) is 5.11 Å². The third-order valence-corrected chi connectivity index (χ3v) is 3.08. The number of rotatable bonds is 5. The summed E-state index contributed by atoms with van der Waals surface area (Å²) >= 11 is 1.52. The molecule has 78 valence electrons. The van der Waals surface area contributed by atoms with E-state index in [2.05, 4.69) is 12.2 Å². The van der Waals surface area contributed by atoms with Gasteiger partial charge >= 0.3 is 0 Å². The fraction of sp³-hybridized carbons (Fsp3) is 0.500. The zero-order chi connectivity index (χ0) is 10.4. The van der Waals surface area contributed by atoms with Crippen LogP contribution in [0.2, 0.25) is 0 Å². The number of aliphatic hydroxyl groups excluding tert-OH is 1. The van der Waals surface area contributed by atoms with Crippen molar-refractivity contribution in [1.82, 2.24) is 5.32 Å². The summed E-state index contributed by atoms with van der Waals surface area (Å²) < 4.78 is 0. The molecular weight excluding hydrogens is 198 g/mol. The molecule has 0 spiro atoms. The second kappa shape index (κ2) is 5.78. The Labute approximate surface area is 87.8 Å². The van der Waals surface area contributed by atoms with Crippen LogP contribution in [0.25, 0.3) is 0 Å². The molecular formula is C10H15NO2S. The first-order valence-electron chi connectivity index (χ1n) is 4.75. The van der Waals surface area contributed by atoms with Gasteiger partial charge in [-0.15, -0.1) is 11.3 Å². The summed E-state index contributed by atoms with van der Waals surface area (Å²) in [6.07, 6.45) is 1.58. The molecule has 0 aliphatic carbocycles. The predicted octanol–water partition coefficient (Wildman–Crippen LogP) is 1.42. The first-order valence-corrected chi connectivity index (χ1v) is 5.57. The Morgan fingerprint density at radius 2 is 2.36 bits per heavy atom. The molecule has 0 saturated carbocycles. The molecule has 3 nitrogen and oxygen atoms in total. The molecule has 1 heterocycles. The van der Waals surface area contributed by atoms with Gasteiger partial charge in [-0.3, -0.25) is 4.79 Å². The van der Waals surface area contributed by atoms with Gasteiger partial charge in [0, 0.05) is 18.0 Å². The molecule has 0 atom stereocenters. The van der Waals surface area contributed by atoms with Crippen LogP contribution in [0.5, 0.6) is 0 Å². The van der Waals surface area contributed by atoms with Crippen molar-refractivity contribution in [3.63, 3.8) is 0 Å². The quantitative estimate of drug-likeness (QED) is 0.727. The summed E-state index contributed by atoms with van der Waals surface area (Å²) in [4.78, 5) is 13.4. The number of carbonyl (C=O) groups is 1. The van der Waals surface area contributed by atoms with E-state index in [1.807, 2.05) is 12.1 Å². The van der Waals surface area contributed by atoms with E-state index in [1.54, 1.807) is 0 Å². The lowest BCUT2D eigenvalue weighted by Crippen LogP contribution is -2.24. The van der Waals surface area contributed by atoms with Gasteiger partial charge in [0.2, 0.25) is 0 Å². The summed E-state index contributed by atoms with van der Waals surface area (Å²) in [5, 5.41) is 11.3. The lowest BCUT2D eigenvalue weighted by atomic mass is 10.3. The summed E-state index contributed by atoms with van der Waals surface area (Å²) in [6, 6.07) is 3.82. The van der Waals surface area contributed by atoms with E-state index >= 15 is 0 Å². The van der Waals surface area contributed by atoms with Crippen LogP contribution in [0.3, 0.4) is 0 Å². The van der Waals surface area contributed by atoms with Crippen molar-refractivity contribution in [3.05, 3.63) is 21.9 Å². The maximum Gasteiger partial charge on any atom is 0.261 e. The van der Waals surface area contributed by atoms with Gasteiger partial charge in [-0.2, -0.15) is 0 Å². The molecule has 1 rings (SSSR count). The number of aliphatic hydroxyl groups is 1. The van der Waals surface area contributed by atoms with Crippen LogP contribution in [0.1, 0.15) is 27.9 Å². The van der Waals surface area contributed by atoms with E-state index in [0.717, 1.165) is 11.3 Å². The number of nitrogens with one attached hydrogen (secondary N) is 1. The SMILES string of the molecule is CCc1ccc(C(=O)NCCCO)s1. The van der Waals surface area contributed by atoms with Gasteiger partial charge in [-0.1, -0.05) is 6.92 Å². The molecule has 0 saturated heterocycles. The van der Waals surface area contributed by atoms with Crippen molar-refractivity contribution in [1.29, 1.82) is 0 Å². The molecule has 0 fully saturated rings. The number of carbonyl (C=O) groups excluding carboxylic acids is 1. The second-order valence-corrected chi connectivity index (χ2v) is 4.12. The molecule has 0 aliphatic heterocycles. The van der Waals surface area contributed by atoms with E-state index in [9.17, 15) is 4.79 Å². The van der Waals surface area contributed by atoms with E-state index in [-0.39, 0.29) is 12.5 Å². The number of hydrogen-bond acceptors (Lipinski definition) is 3. The summed E-state index contributed by atoms with van der Waals surface area (Å²) in [5.41, 5.74) is 0. The first-order chi connectivity index (χ1) is 6.77. The maximum absolute atomic E-state index is 11.5. The lowest BCUT2D eigenvalue weighted by molar-refractivity contribution is 0.0955. The average Bonchev–Trinajstić information content (AvgIpc) is 2.66. The van der Waals surface area contributed by atoms with Crippen LogP contribution in [0.15, 0.2) is 12.1 Å². The lowest BCUT2D eigenvalue weighted by Gasteiger charge is -2.00. The molecule has 0 radical (unpaired) electrons. The van der Waals surface area contributed by atoms with Crippen molar-refractivity contribution >= 4 is 17.2 Å². The molecule has 1 aromatic heterocycles. The second-order valence-electron chi connectivity index (χ2n) is 2.95. The van der Waals surface area contributed by atoms with Crippen LogP contribution in [-0.2, 0) is 6.42 Å². The van der Waals surface area contributed by atoms with Crippen molar-refractivity contribution in [2.24, 2.45) is 0 Å². The Kier molecular flexibility index (Phi) is 4.62. The highest BCUT2D eigenvalue weighted by Crippen LogP contribution is 2.16. The summed E-state index contributed by atoms with van der Waals surface area (Å²) in [6.45, 7) is 2.72. The average molecular weight is 213 g/mol. The van der Waals surface area contributed by atoms with Crippen molar-refractivity contribution in [3.8, 4) is 0 Å². The molecule has 0 aromatic carbocycles. The van der Waals surface area contributed by atoms with E-state index in [1.165, 1.54) is 16.2 Å². The van der Waals surface area contributed by atoms with Gasteiger partial charge in [-0.25, -0.2) is 0 Å². The van der Waals surface area contributed by atoms with Gasteiger partial charge in [0.15, 0.2) is 0 Å². The minimum Gasteiger partial charge on any atom is -0.396 e. The Morgan fingerprint density at radius 1 is 1.57 bits per heavy atom. The zero-order valence-corrected chi connectivity index (χ0v) is 9.06. The van der Waals surface area contributed by atoms with Crippen LogP contribution >= 0.6 is 11.3 Å². The normalized spacial score (nSPS) is 10.1. The molecule has 14 heavy (non-hydrogen) atoms. The highest BCUT2D eigenvalue weighted by Gasteiger charge is 2.07. The molecule has 1 amide bonds. The third-order valence-electron chi connectivity index (χ3n) is 1.85. The molecule has 2 N–H and O–H groups in total. The molecule has 4 heteroatoms. The number of amides is 1. The zero-order valence-electron chi connectivity index (χ0n) is 8.25. The van der Waals surface area contributed by atoms with Gasteiger partial charge in [0.1, 0.15) is 0 Å². The van der Waals surface area contributed by atoms with E-state index in [0.29, 0.717) is 13.0 Å². The molecule has 0 unspecified atom stereocenters. The molecule has 1 aromatic rings. The van der Waals surface area contributed by atoms with Gasteiger partial charge in [-0.05, 0) is 25.0 Å². The molecule has 0 aliphatic rings. The Morgan fingerprint density at radius 3 is 2.93 bits per heavy atom.